The smallest absolute Gasteiger partial charge is 0.197 e. The number of aromatic nitrogens is 3. The molecule has 0 saturated carbocycles. The average molecular weight is 319 g/mol. The molecule has 0 amide bonds. The molecule has 0 spiro atoms. The summed E-state index contributed by atoms with van der Waals surface area (Å²) >= 11 is 0. The Labute approximate surface area is 140 Å². The summed E-state index contributed by atoms with van der Waals surface area (Å²) in [5.41, 5.74) is 7.10. The summed E-state index contributed by atoms with van der Waals surface area (Å²) in [6, 6.07) is 15.1. The lowest BCUT2D eigenvalue weighted by atomic mass is 9.98. The van der Waals surface area contributed by atoms with Crippen molar-refractivity contribution in [3.8, 4) is 11.1 Å². The largest absolute Gasteiger partial charge is 0.373 e. The Morgan fingerprint density at radius 2 is 1.71 bits per heavy atom. The second-order valence-electron chi connectivity index (χ2n) is 5.25. The fraction of sp³-hybridized carbons (Fsp3) is 0.105. The van der Waals surface area contributed by atoms with Crippen LogP contribution in [0.4, 0.5) is 0 Å². The van der Waals surface area contributed by atoms with E-state index in [1.807, 2.05) is 12.2 Å². The van der Waals surface area contributed by atoms with Crippen molar-refractivity contribution in [1.29, 1.82) is 0 Å². The van der Waals surface area contributed by atoms with Gasteiger partial charge in [-0.2, -0.15) is 25.0 Å². The summed E-state index contributed by atoms with van der Waals surface area (Å²) in [7, 11) is 0. The predicted molar refractivity (Wildman–Crippen MR) is 91.7 cm³/mol. The summed E-state index contributed by atoms with van der Waals surface area (Å²) in [4.78, 5) is 16.2. The molecule has 120 valence electrons. The summed E-state index contributed by atoms with van der Waals surface area (Å²) in [5.74, 6) is 0. The van der Waals surface area contributed by atoms with Gasteiger partial charge in [-0.05, 0) is 42.2 Å². The molecule has 1 N–H and O–H groups in total. The lowest BCUT2D eigenvalue weighted by Gasteiger charge is -2.07. The van der Waals surface area contributed by atoms with Crippen molar-refractivity contribution in [3.05, 3.63) is 71.0 Å². The minimum Gasteiger partial charge on any atom is -0.197 e. The Morgan fingerprint density at radius 3 is 2.29 bits per heavy atom. The Hall–Kier alpha value is -3.30. The SMILES string of the molecule is Cc1ccc(-c2ccc(C=Cc3cn[nH]n3)cc2)c(C)c1.O=C=O. The summed E-state index contributed by atoms with van der Waals surface area (Å²) in [6.07, 6.45) is 5.92. The fourth-order valence-corrected chi connectivity index (χ4v) is 2.38. The maximum absolute atomic E-state index is 8.12. The van der Waals surface area contributed by atoms with E-state index in [1.165, 1.54) is 22.3 Å². The predicted octanol–water partition coefficient (Wildman–Crippen LogP) is 3.68. The van der Waals surface area contributed by atoms with Crippen LogP contribution < -0.4 is 0 Å². The fourth-order valence-electron chi connectivity index (χ4n) is 2.38. The first-order valence-electron chi connectivity index (χ1n) is 7.35. The summed E-state index contributed by atoms with van der Waals surface area (Å²) in [5, 5.41) is 10.4. The third kappa shape index (κ3) is 4.60. The molecular formula is C19H17N3O2. The highest BCUT2D eigenvalue weighted by atomic mass is 16.2. The van der Waals surface area contributed by atoms with Gasteiger partial charge in [-0.15, -0.1) is 0 Å². The van der Waals surface area contributed by atoms with Crippen LogP contribution >= 0.6 is 0 Å². The Kier molecular flexibility index (Phi) is 5.95. The normalized spacial score (nSPS) is 10.1. The number of hydrogen-bond donors (Lipinski definition) is 1. The number of carbonyl (C=O) groups excluding carboxylic acids is 2. The van der Waals surface area contributed by atoms with E-state index in [0.29, 0.717) is 0 Å². The molecule has 0 aliphatic carbocycles. The number of nitrogens with zero attached hydrogens (tertiary/aromatic N) is 2. The topological polar surface area (TPSA) is 75.7 Å². The van der Waals surface area contributed by atoms with Gasteiger partial charge in [-0.25, -0.2) is 0 Å². The maximum atomic E-state index is 8.12. The molecule has 5 heteroatoms. The van der Waals surface area contributed by atoms with Crippen LogP contribution in [0.2, 0.25) is 0 Å². The first-order chi connectivity index (χ1) is 11.6. The van der Waals surface area contributed by atoms with E-state index in [2.05, 4.69) is 71.7 Å². The molecule has 0 unspecified atom stereocenters. The molecular weight excluding hydrogens is 302 g/mol. The number of hydrogen-bond acceptors (Lipinski definition) is 4. The second kappa shape index (κ2) is 8.36. The molecule has 0 aliphatic rings. The lowest BCUT2D eigenvalue weighted by molar-refractivity contribution is -0.191. The zero-order valence-corrected chi connectivity index (χ0v) is 13.5. The van der Waals surface area contributed by atoms with Gasteiger partial charge in [-0.1, -0.05) is 54.1 Å². The first kappa shape index (κ1) is 17.1. The number of benzene rings is 2. The Balaban J connectivity index is 0.000000647. The highest BCUT2D eigenvalue weighted by Crippen LogP contribution is 2.24. The highest BCUT2D eigenvalue weighted by Gasteiger charge is 2.01. The quantitative estimate of drug-likeness (QED) is 0.799. The van der Waals surface area contributed by atoms with Crippen LogP contribution in [0.1, 0.15) is 22.4 Å². The van der Waals surface area contributed by atoms with Gasteiger partial charge in [0.05, 0.1) is 6.20 Å². The molecule has 24 heavy (non-hydrogen) atoms. The average Bonchev–Trinajstić information content (AvgIpc) is 3.08. The van der Waals surface area contributed by atoms with Crippen molar-refractivity contribution < 1.29 is 9.59 Å². The zero-order valence-electron chi connectivity index (χ0n) is 13.5. The lowest BCUT2D eigenvalue weighted by Crippen LogP contribution is -1.85. The Bertz CT molecular complexity index is 845. The molecule has 1 aromatic heterocycles. The number of nitrogens with one attached hydrogen (secondary N) is 1. The molecule has 0 fully saturated rings. The third-order valence-electron chi connectivity index (χ3n) is 3.48. The molecule has 0 radical (unpaired) electrons. The number of aromatic amines is 1. The van der Waals surface area contributed by atoms with Crippen LogP contribution in [0.15, 0.2) is 48.7 Å². The van der Waals surface area contributed by atoms with Crippen LogP contribution in [0.25, 0.3) is 23.3 Å². The molecule has 3 rings (SSSR count). The third-order valence-corrected chi connectivity index (χ3v) is 3.48. The molecule has 0 aliphatic heterocycles. The van der Waals surface area contributed by atoms with Gasteiger partial charge >= 0.3 is 6.15 Å². The van der Waals surface area contributed by atoms with Gasteiger partial charge in [0.25, 0.3) is 0 Å². The van der Waals surface area contributed by atoms with E-state index in [0.717, 1.165) is 11.3 Å². The van der Waals surface area contributed by atoms with E-state index in [-0.39, 0.29) is 6.15 Å². The van der Waals surface area contributed by atoms with Gasteiger partial charge < -0.3 is 0 Å². The van der Waals surface area contributed by atoms with Crippen molar-refractivity contribution in [2.45, 2.75) is 13.8 Å². The van der Waals surface area contributed by atoms with E-state index in [9.17, 15) is 0 Å². The van der Waals surface area contributed by atoms with Crippen LogP contribution in [-0.4, -0.2) is 21.6 Å². The van der Waals surface area contributed by atoms with Crippen LogP contribution in [0, 0.1) is 13.8 Å². The van der Waals surface area contributed by atoms with Gasteiger partial charge in [0, 0.05) is 0 Å². The highest BCUT2D eigenvalue weighted by molar-refractivity contribution is 5.72. The number of aryl methyl sites for hydroxylation is 2. The summed E-state index contributed by atoms with van der Waals surface area (Å²) in [6.45, 7) is 4.27. The molecule has 0 bridgehead atoms. The van der Waals surface area contributed by atoms with Crippen molar-refractivity contribution >= 4 is 18.3 Å². The molecule has 1 heterocycles. The van der Waals surface area contributed by atoms with E-state index < -0.39 is 0 Å². The number of rotatable bonds is 3. The molecule has 0 saturated heterocycles. The van der Waals surface area contributed by atoms with Crippen LogP contribution in [-0.2, 0) is 9.59 Å². The molecule has 2 aromatic carbocycles. The van der Waals surface area contributed by atoms with Crippen molar-refractivity contribution in [2.75, 3.05) is 0 Å². The van der Waals surface area contributed by atoms with Crippen molar-refractivity contribution in [3.63, 3.8) is 0 Å². The van der Waals surface area contributed by atoms with Crippen molar-refractivity contribution in [1.82, 2.24) is 15.4 Å². The minimum absolute atomic E-state index is 0.250. The second-order valence-corrected chi connectivity index (χ2v) is 5.25. The van der Waals surface area contributed by atoms with E-state index in [4.69, 9.17) is 9.59 Å². The van der Waals surface area contributed by atoms with Gasteiger partial charge in [0.2, 0.25) is 0 Å². The Morgan fingerprint density at radius 1 is 1.00 bits per heavy atom. The summed E-state index contributed by atoms with van der Waals surface area (Å²) < 4.78 is 0. The van der Waals surface area contributed by atoms with Gasteiger partial charge in [0.15, 0.2) is 0 Å². The van der Waals surface area contributed by atoms with Crippen LogP contribution in [0.3, 0.4) is 0 Å². The van der Waals surface area contributed by atoms with E-state index in [1.54, 1.807) is 6.20 Å². The van der Waals surface area contributed by atoms with Crippen molar-refractivity contribution in [2.24, 2.45) is 0 Å². The van der Waals surface area contributed by atoms with Gasteiger partial charge in [-0.3, -0.25) is 0 Å². The van der Waals surface area contributed by atoms with E-state index >= 15 is 0 Å². The van der Waals surface area contributed by atoms with Crippen LogP contribution in [0.5, 0.6) is 0 Å². The molecule has 3 aromatic rings. The number of H-pyrrole nitrogens is 1. The maximum Gasteiger partial charge on any atom is 0.373 e. The molecule has 0 atom stereocenters. The standard InChI is InChI=1S/C18H17N3.CO2/c1-13-3-10-18(14(2)11-13)16-7-4-15(5-8-16)6-9-17-12-19-21-20-17;2-1-3/h3-12H,1-2H3,(H,19,20,21);. The van der Waals surface area contributed by atoms with Gasteiger partial charge in [0.1, 0.15) is 5.69 Å². The molecule has 5 nitrogen and oxygen atoms in total. The first-order valence-corrected chi connectivity index (χ1v) is 7.35. The monoisotopic (exact) mass is 319 g/mol. The minimum atomic E-state index is 0.250. The zero-order chi connectivity index (χ0) is 17.4.